The van der Waals surface area contributed by atoms with Gasteiger partial charge in [-0.25, -0.2) is 0 Å². The number of hydrogen-bond acceptors (Lipinski definition) is 3. The van der Waals surface area contributed by atoms with E-state index >= 15 is 0 Å². The Morgan fingerprint density at radius 1 is 1.42 bits per heavy atom. The monoisotopic (exact) mass is 410 g/mol. The predicted octanol–water partition coefficient (Wildman–Crippen LogP) is 4.73. The molecule has 1 aromatic rings. The molecule has 1 unspecified atom stereocenters. The zero-order valence-corrected chi connectivity index (χ0v) is 14.4. The van der Waals surface area contributed by atoms with Crippen LogP contribution in [0.4, 0.5) is 0 Å². The number of hydrogen-bond donors (Lipinski definition) is 2. The molecular weight excluding hydrogens is 396 g/mol. The molecule has 2 rings (SSSR count). The first-order valence-electron chi connectivity index (χ1n) is 6.26. The van der Waals surface area contributed by atoms with Crippen molar-refractivity contribution in [2.75, 3.05) is 0 Å². The van der Waals surface area contributed by atoms with Gasteiger partial charge in [-0.1, -0.05) is 12.8 Å². The first-order chi connectivity index (χ1) is 8.92. The molecule has 0 aliphatic heterocycles. The van der Waals surface area contributed by atoms with Crippen LogP contribution < -0.4 is 0 Å². The van der Waals surface area contributed by atoms with Gasteiger partial charge >= 0.3 is 5.97 Å². The SMILES string of the molecule is O=C(O)CC1(CC(O)c2cc(Br)sc2Br)CCCC1. The molecule has 6 heteroatoms. The fraction of sp³-hybridized carbons (Fsp3) is 0.615. The molecule has 0 radical (unpaired) electrons. The average molecular weight is 412 g/mol. The van der Waals surface area contributed by atoms with Crippen LogP contribution in [0.15, 0.2) is 13.6 Å². The van der Waals surface area contributed by atoms with E-state index in [1.54, 1.807) is 0 Å². The van der Waals surface area contributed by atoms with Crippen molar-refractivity contribution in [1.82, 2.24) is 0 Å². The highest BCUT2D eigenvalue weighted by Gasteiger charge is 2.38. The first kappa shape index (κ1) is 15.5. The third-order valence-electron chi connectivity index (χ3n) is 3.86. The van der Waals surface area contributed by atoms with Crippen molar-refractivity contribution < 1.29 is 15.0 Å². The Labute approximate surface area is 133 Å². The Morgan fingerprint density at radius 3 is 2.53 bits per heavy atom. The highest BCUT2D eigenvalue weighted by atomic mass is 79.9. The third-order valence-corrected chi connectivity index (χ3v) is 6.24. The van der Waals surface area contributed by atoms with Crippen LogP contribution in [0.5, 0.6) is 0 Å². The summed E-state index contributed by atoms with van der Waals surface area (Å²) in [4.78, 5) is 11.1. The van der Waals surface area contributed by atoms with Gasteiger partial charge in [-0.15, -0.1) is 11.3 Å². The average Bonchev–Trinajstić information content (AvgIpc) is 2.85. The third kappa shape index (κ3) is 3.80. The Balaban J connectivity index is 2.13. The summed E-state index contributed by atoms with van der Waals surface area (Å²) in [5.41, 5.74) is 0.618. The summed E-state index contributed by atoms with van der Waals surface area (Å²) in [5.74, 6) is -0.764. The van der Waals surface area contributed by atoms with E-state index in [1.807, 2.05) is 6.07 Å². The van der Waals surface area contributed by atoms with Gasteiger partial charge < -0.3 is 10.2 Å². The van der Waals surface area contributed by atoms with Crippen LogP contribution in [-0.2, 0) is 4.79 Å². The second-order valence-corrected chi connectivity index (χ2v) is 9.03. The van der Waals surface area contributed by atoms with Crippen molar-refractivity contribution in [3.8, 4) is 0 Å². The van der Waals surface area contributed by atoms with Crippen molar-refractivity contribution in [3.63, 3.8) is 0 Å². The van der Waals surface area contributed by atoms with Gasteiger partial charge in [-0.3, -0.25) is 4.79 Å². The molecule has 0 amide bonds. The van der Waals surface area contributed by atoms with Gasteiger partial charge in [0.05, 0.1) is 20.1 Å². The van der Waals surface area contributed by atoms with E-state index in [0.29, 0.717) is 6.42 Å². The Morgan fingerprint density at radius 2 is 2.05 bits per heavy atom. The largest absolute Gasteiger partial charge is 0.481 e. The van der Waals surface area contributed by atoms with Crippen molar-refractivity contribution in [2.45, 2.75) is 44.6 Å². The molecule has 1 aliphatic carbocycles. The summed E-state index contributed by atoms with van der Waals surface area (Å²) in [7, 11) is 0. The zero-order valence-electron chi connectivity index (χ0n) is 10.4. The van der Waals surface area contributed by atoms with E-state index in [1.165, 1.54) is 11.3 Å². The second kappa shape index (κ2) is 6.24. The van der Waals surface area contributed by atoms with Crippen LogP contribution in [-0.4, -0.2) is 16.2 Å². The van der Waals surface area contributed by atoms with Crippen molar-refractivity contribution in [1.29, 1.82) is 0 Å². The molecule has 0 saturated heterocycles. The number of aliphatic carboxylic acids is 1. The van der Waals surface area contributed by atoms with Crippen LogP contribution in [0.1, 0.15) is 50.2 Å². The number of carboxylic acids is 1. The molecular formula is C13H16Br2O3S. The quantitative estimate of drug-likeness (QED) is 0.736. The van der Waals surface area contributed by atoms with Crippen molar-refractivity contribution in [3.05, 3.63) is 19.2 Å². The molecule has 1 saturated carbocycles. The van der Waals surface area contributed by atoms with Crippen LogP contribution >= 0.6 is 43.2 Å². The summed E-state index contributed by atoms with van der Waals surface area (Å²) < 4.78 is 1.88. The molecule has 2 N–H and O–H groups in total. The fourth-order valence-electron chi connectivity index (χ4n) is 3.00. The van der Waals surface area contributed by atoms with E-state index in [9.17, 15) is 9.90 Å². The van der Waals surface area contributed by atoms with E-state index in [2.05, 4.69) is 31.9 Å². The summed E-state index contributed by atoms with van der Waals surface area (Å²) in [6.07, 6.45) is 4.02. The molecule has 1 fully saturated rings. The molecule has 0 spiro atoms. The van der Waals surface area contributed by atoms with Crippen LogP contribution in [0.2, 0.25) is 0 Å². The molecule has 1 heterocycles. The highest BCUT2D eigenvalue weighted by molar-refractivity contribution is 9.12. The Bertz CT molecular complexity index is 466. The molecule has 1 atom stereocenters. The molecule has 0 aromatic carbocycles. The maximum absolute atomic E-state index is 11.1. The van der Waals surface area contributed by atoms with E-state index in [4.69, 9.17) is 5.11 Å². The first-order valence-corrected chi connectivity index (χ1v) is 8.67. The van der Waals surface area contributed by atoms with Crippen LogP contribution in [0, 0.1) is 5.41 Å². The van der Waals surface area contributed by atoms with Crippen LogP contribution in [0.25, 0.3) is 0 Å². The van der Waals surface area contributed by atoms with E-state index < -0.39 is 12.1 Å². The van der Waals surface area contributed by atoms with E-state index in [0.717, 1.165) is 38.8 Å². The number of aliphatic hydroxyl groups excluding tert-OH is 1. The van der Waals surface area contributed by atoms with Gasteiger partial charge in [0.2, 0.25) is 0 Å². The Kier molecular flexibility index (Phi) is 5.09. The highest BCUT2D eigenvalue weighted by Crippen LogP contribution is 2.48. The fourth-order valence-corrected chi connectivity index (χ4v) is 5.95. The predicted molar refractivity (Wildman–Crippen MR) is 82.4 cm³/mol. The van der Waals surface area contributed by atoms with E-state index in [-0.39, 0.29) is 11.8 Å². The van der Waals surface area contributed by atoms with Gasteiger partial charge in [0, 0.05) is 5.56 Å². The second-order valence-electron chi connectivity index (χ2n) is 5.28. The topological polar surface area (TPSA) is 57.5 Å². The minimum Gasteiger partial charge on any atom is -0.481 e. The van der Waals surface area contributed by atoms with Gasteiger partial charge in [-0.05, 0) is 62.6 Å². The summed E-state index contributed by atoms with van der Waals surface area (Å²) in [6.45, 7) is 0. The molecule has 19 heavy (non-hydrogen) atoms. The lowest BCUT2D eigenvalue weighted by Crippen LogP contribution is -2.23. The summed E-state index contributed by atoms with van der Waals surface area (Å²) in [6, 6.07) is 1.91. The number of carboxylic acid groups (broad SMARTS) is 1. The van der Waals surface area contributed by atoms with Gasteiger partial charge in [0.1, 0.15) is 0 Å². The number of carbonyl (C=O) groups is 1. The number of rotatable bonds is 5. The van der Waals surface area contributed by atoms with Gasteiger partial charge in [-0.2, -0.15) is 0 Å². The maximum Gasteiger partial charge on any atom is 0.303 e. The van der Waals surface area contributed by atoms with Gasteiger partial charge in [0.25, 0.3) is 0 Å². The van der Waals surface area contributed by atoms with Gasteiger partial charge in [0.15, 0.2) is 0 Å². The smallest absolute Gasteiger partial charge is 0.303 e. The lowest BCUT2D eigenvalue weighted by molar-refractivity contribution is -0.140. The molecule has 1 aromatic heterocycles. The molecule has 3 nitrogen and oxygen atoms in total. The summed E-state index contributed by atoms with van der Waals surface area (Å²) >= 11 is 8.37. The molecule has 1 aliphatic rings. The lowest BCUT2D eigenvalue weighted by Gasteiger charge is -2.29. The molecule has 0 bridgehead atoms. The minimum absolute atomic E-state index is 0.160. The standard InChI is InChI=1S/C13H16Br2O3S/c14-10-5-8(12(15)19-10)9(16)6-13(7-11(17)18)3-1-2-4-13/h5,9,16H,1-4,6-7H2,(H,17,18). The zero-order chi connectivity index (χ0) is 14.0. The number of aliphatic hydroxyl groups is 1. The van der Waals surface area contributed by atoms with Crippen molar-refractivity contribution in [2.24, 2.45) is 5.41 Å². The summed E-state index contributed by atoms with van der Waals surface area (Å²) in [5, 5.41) is 19.5. The minimum atomic E-state index is -0.764. The normalized spacial score (nSPS) is 19.5. The van der Waals surface area contributed by atoms with Crippen molar-refractivity contribution >= 4 is 49.2 Å². The maximum atomic E-state index is 11.1. The lowest BCUT2D eigenvalue weighted by atomic mass is 9.77. The molecule has 106 valence electrons. The number of halogens is 2. The van der Waals surface area contributed by atoms with Crippen LogP contribution in [0.3, 0.4) is 0 Å². The Hall–Kier alpha value is 0.0900. The number of thiophene rings is 1.